The molecule has 10 heteroatoms. The number of aromatic nitrogens is 2. The fourth-order valence-electron chi connectivity index (χ4n) is 4.62. The van der Waals surface area contributed by atoms with E-state index in [4.69, 9.17) is 11.6 Å². The molecule has 4 aromatic rings. The number of anilines is 1. The van der Waals surface area contributed by atoms with Crippen molar-refractivity contribution in [2.24, 2.45) is 0 Å². The monoisotopic (exact) mass is 502 g/mol. The minimum atomic E-state index is -4.48. The molecule has 0 bridgehead atoms. The zero-order valence-corrected chi connectivity index (χ0v) is 19.4. The third-order valence-corrected chi connectivity index (χ3v) is 6.61. The summed E-state index contributed by atoms with van der Waals surface area (Å²) >= 11 is 5.93. The van der Waals surface area contributed by atoms with Crippen LogP contribution < -0.4 is 10.5 Å². The minimum absolute atomic E-state index is 0.0181. The first kappa shape index (κ1) is 23.4. The molecule has 0 unspecified atom stereocenters. The fraction of sp³-hybridized carbons (Fsp3) is 0.280. The van der Waals surface area contributed by atoms with Gasteiger partial charge in [0.05, 0.1) is 23.1 Å². The molecule has 0 spiro atoms. The Morgan fingerprint density at radius 1 is 0.886 bits per heavy atom. The highest BCUT2D eigenvalue weighted by molar-refractivity contribution is 6.30. The number of hydrogen-bond donors (Lipinski definition) is 0. The molecule has 5 rings (SSSR count). The van der Waals surface area contributed by atoms with Crippen molar-refractivity contribution >= 4 is 39.7 Å². The maximum atomic E-state index is 13.3. The number of aryl methyl sites for hydroxylation is 1. The second-order valence-corrected chi connectivity index (χ2v) is 9.01. The Labute approximate surface area is 203 Å². The smallest absolute Gasteiger partial charge is 0.310 e. The number of piperazine rings is 1. The van der Waals surface area contributed by atoms with Gasteiger partial charge in [-0.3, -0.25) is 14.5 Å². The number of carbonyl (C=O) groups excluding carboxylic acids is 1. The number of amides is 1. The Morgan fingerprint density at radius 3 is 2.37 bits per heavy atom. The Morgan fingerprint density at radius 2 is 1.66 bits per heavy atom. The molecule has 182 valence electrons. The van der Waals surface area contributed by atoms with Crippen LogP contribution in [0.2, 0.25) is 5.02 Å². The van der Waals surface area contributed by atoms with Crippen LogP contribution in [0, 0.1) is 0 Å². The van der Waals surface area contributed by atoms with Crippen molar-refractivity contribution in [2.45, 2.75) is 19.1 Å². The van der Waals surface area contributed by atoms with Gasteiger partial charge >= 0.3 is 6.18 Å². The van der Waals surface area contributed by atoms with Crippen molar-refractivity contribution in [1.82, 2.24) is 13.9 Å². The molecule has 0 saturated carbocycles. The average Bonchev–Trinajstić information content (AvgIpc) is 3.32. The molecule has 2 aromatic heterocycles. The first-order chi connectivity index (χ1) is 16.7. The van der Waals surface area contributed by atoms with Gasteiger partial charge in [-0.25, -0.2) is 0 Å². The van der Waals surface area contributed by atoms with Gasteiger partial charge in [-0.1, -0.05) is 11.6 Å². The maximum Gasteiger partial charge on any atom is 0.416 e. The van der Waals surface area contributed by atoms with Crippen molar-refractivity contribution in [1.29, 1.82) is 0 Å². The van der Waals surface area contributed by atoms with E-state index >= 15 is 0 Å². The van der Waals surface area contributed by atoms with Crippen LogP contribution in [-0.4, -0.2) is 46.0 Å². The van der Waals surface area contributed by atoms with Gasteiger partial charge in [0.2, 0.25) is 5.91 Å². The molecule has 2 aromatic carbocycles. The highest BCUT2D eigenvalue weighted by Gasteiger charge is 2.31. The van der Waals surface area contributed by atoms with Crippen LogP contribution in [-0.2, 0) is 17.5 Å². The molecule has 1 saturated heterocycles. The van der Waals surface area contributed by atoms with Crippen LogP contribution in [0.1, 0.15) is 12.0 Å². The summed E-state index contributed by atoms with van der Waals surface area (Å²) in [5.74, 6) is -0.0181. The predicted octanol–water partition coefficient (Wildman–Crippen LogP) is 4.67. The van der Waals surface area contributed by atoms with Crippen molar-refractivity contribution in [3.8, 4) is 0 Å². The summed E-state index contributed by atoms with van der Waals surface area (Å²) in [7, 11) is 0. The van der Waals surface area contributed by atoms with Crippen LogP contribution in [0.4, 0.5) is 18.9 Å². The highest BCUT2D eigenvalue weighted by atomic mass is 35.5. The summed E-state index contributed by atoms with van der Waals surface area (Å²) in [6.45, 7) is 2.39. The summed E-state index contributed by atoms with van der Waals surface area (Å²) < 4.78 is 42.9. The molecule has 1 amide bonds. The molecule has 0 aliphatic carbocycles. The third-order valence-electron chi connectivity index (χ3n) is 6.36. The third kappa shape index (κ3) is 4.53. The van der Waals surface area contributed by atoms with E-state index in [2.05, 4.69) is 0 Å². The number of rotatable bonds is 5. The zero-order chi connectivity index (χ0) is 24.7. The van der Waals surface area contributed by atoms with Crippen LogP contribution in [0.25, 0.3) is 16.6 Å². The summed E-state index contributed by atoms with van der Waals surface area (Å²) in [6.07, 6.45) is -2.31. The summed E-state index contributed by atoms with van der Waals surface area (Å²) in [5, 5.41) is 0.607. The molecular formula is C25H22ClF3N4O2. The van der Waals surface area contributed by atoms with Gasteiger partial charge in [0.25, 0.3) is 5.56 Å². The zero-order valence-electron chi connectivity index (χ0n) is 18.6. The predicted molar refractivity (Wildman–Crippen MR) is 129 cm³/mol. The van der Waals surface area contributed by atoms with E-state index < -0.39 is 11.7 Å². The molecule has 3 heterocycles. The minimum Gasteiger partial charge on any atom is -0.310 e. The lowest BCUT2D eigenvalue weighted by Crippen LogP contribution is -2.50. The molecule has 0 radical (unpaired) electrons. The maximum absolute atomic E-state index is 13.3. The Balaban J connectivity index is 1.32. The number of nitrogens with zero attached hydrogens (tertiary/aromatic N) is 4. The molecular weight excluding hydrogens is 481 g/mol. The summed E-state index contributed by atoms with van der Waals surface area (Å²) in [4.78, 5) is 29.5. The van der Waals surface area contributed by atoms with Crippen LogP contribution in [0.15, 0.2) is 65.6 Å². The second kappa shape index (κ2) is 9.05. The number of alkyl halides is 3. The van der Waals surface area contributed by atoms with E-state index in [1.165, 1.54) is 15.0 Å². The topological polar surface area (TPSA) is 50.0 Å². The van der Waals surface area contributed by atoms with E-state index in [1.54, 1.807) is 35.4 Å². The normalized spacial score (nSPS) is 15.4. The van der Waals surface area contributed by atoms with E-state index in [0.717, 1.165) is 17.8 Å². The van der Waals surface area contributed by atoms with Gasteiger partial charge in [0.1, 0.15) is 5.52 Å². The molecule has 35 heavy (non-hydrogen) atoms. The Hall–Kier alpha value is -3.30. The molecule has 1 aliphatic heterocycles. The van der Waals surface area contributed by atoms with Gasteiger partial charge in [-0.2, -0.15) is 13.2 Å². The first-order valence-electron chi connectivity index (χ1n) is 11.2. The largest absolute Gasteiger partial charge is 0.416 e. The molecule has 6 nitrogen and oxygen atoms in total. The summed E-state index contributed by atoms with van der Waals surface area (Å²) in [6, 6.07) is 13.8. The number of hydrogen-bond acceptors (Lipinski definition) is 3. The van der Waals surface area contributed by atoms with E-state index in [9.17, 15) is 22.8 Å². The van der Waals surface area contributed by atoms with Crippen molar-refractivity contribution in [3.63, 3.8) is 0 Å². The van der Waals surface area contributed by atoms with Gasteiger partial charge < -0.3 is 13.9 Å². The summed E-state index contributed by atoms with van der Waals surface area (Å²) in [5.41, 5.74) is 0.869. The van der Waals surface area contributed by atoms with Gasteiger partial charge in [0.15, 0.2) is 0 Å². The Kier molecular flexibility index (Phi) is 6.06. The first-order valence-corrected chi connectivity index (χ1v) is 11.6. The van der Waals surface area contributed by atoms with E-state index in [0.29, 0.717) is 54.2 Å². The number of benzene rings is 2. The molecule has 1 aliphatic rings. The van der Waals surface area contributed by atoms with Gasteiger partial charge in [-0.05, 0) is 61.0 Å². The molecule has 1 fully saturated rings. The molecule has 0 atom stereocenters. The van der Waals surface area contributed by atoms with Gasteiger partial charge in [-0.15, -0.1) is 0 Å². The standard InChI is InChI=1S/C25H22ClF3N4O2/c26-18-5-7-19(8-6-18)31-14-13-30(16-23(31)34)10-2-12-33-20-9-4-17(25(27,28)29)15-22(20)32-11-1-3-21(32)24(33)35/h1,3-9,11,15H,2,10,12-14,16H2. The number of fused-ring (bicyclic) bond motifs is 3. The van der Waals surface area contributed by atoms with Gasteiger partial charge in [0, 0.05) is 43.1 Å². The van der Waals surface area contributed by atoms with Crippen LogP contribution in [0.5, 0.6) is 0 Å². The quantitative estimate of drug-likeness (QED) is 0.399. The highest BCUT2D eigenvalue weighted by Crippen LogP contribution is 2.31. The second-order valence-electron chi connectivity index (χ2n) is 8.57. The van der Waals surface area contributed by atoms with Crippen molar-refractivity contribution in [3.05, 3.63) is 81.7 Å². The Bertz CT molecular complexity index is 1460. The van der Waals surface area contributed by atoms with Crippen LogP contribution in [0.3, 0.4) is 0 Å². The lowest BCUT2D eigenvalue weighted by atomic mass is 10.1. The van der Waals surface area contributed by atoms with E-state index in [1.807, 2.05) is 17.0 Å². The van der Waals surface area contributed by atoms with Crippen molar-refractivity contribution in [2.75, 3.05) is 31.1 Å². The number of carbonyl (C=O) groups is 1. The number of halogens is 4. The lowest BCUT2D eigenvalue weighted by Gasteiger charge is -2.34. The molecule has 0 N–H and O–H groups in total. The SMILES string of the molecule is O=C1CN(CCCn2c(=O)c3cccn3c3cc(C(F)(F)F)ccc32)CCN1c1ccc(Cl)cc1. The van der Waals surface area contributed by atoms with E-state index in [-0.39, 0.29) is 18.0 Å². The lowest BCUT2D eigenvalue weighted by molar-refractivity contribution is -0.137. The fourth-order valence-corrected chi connectivity index (χ4v) is 4.74. The average molecular weight is 503 g/mol. The van der Waals surface area contributed by atoms with Crippen LogP contribution >= 0.6 is 11.6 Å². The van der Waals surface area contributed by atoms with Crippen molar-refractivity contribution < 1.29 is 18.0 Å².